The molecule has 110 valence electrons. The van der Waals surface area contributed by atoms with Crippen LogP contribution in [-0.2, 0) is 0 Å². The van der Waals surface area contributed by atoms with Crippen LogP contribution in [0, 0.1) is 0 Å². The van der Waals surface area contributed by atoms with E-state index in [1.807, 2.05) is 17.2 Å². The second-order valence-corrected chi connectivity index (χ2v) is 5.96. The lowest BCUT2D eigenvalue weighted by Crippen LogP contribution is -2.39. The van der Waals surface area contributed by atoms with Crippen LogP contribution in [0.5, 0.6) is 0 Å². The van der Waals surface area contributed by atoms with Gasteiger partial charge in [-0.1, -0.05) is 0 Å². The van der Waals surface area contributed by atoms with E-state index in [0.29, 0.717) is 5.92 Å². The van der Waals surface area contributed by atoms with Gasteiger partial charge >= 0.3 is 0 Å². The first-order valence-electron chi connectivity index (χ1n) is 7.68. The van der Waals surface area contributed by atoms with E-state index in [0.717, 1.165) is 42.9 Å². The molecule has 2 N–H and O–H groups in total. The molecule has 0 spiro atoms. The number of nitrogens with zero attached hydrogens (tertiary/aromatic N) is 3. The quantitative estimate of drug-likeness (QED) is 0.909. The minimum atomic E-state index is 0.0238. The number of carbonyl (C=O) groups is 1. The van der Waals surface area contributed by atoms with Gasteiger partial charge in [0.2, 0.25) is 0 Å². The van der Waals surface area contributed by atoms with E-state index >= 15 is 0 Å². The van der Waals surface area contributed by atoms with Crippen molar-refractivity contribution in [1.29, 1.82) is 0 Å². The number of carbonyl (C=O) groups excluding carboxylic acids is 1. The minimum Gasteiger partial charge on any atom is -0.364 e. The number of likely N-dealkylation sites (tertiary alicyclic amines) is 1. The van der Waals surface area contributed by atoms with Crippen LogP contribution < -0.4 is 0 Å². The van der Waals surface area contributed by atoms with Gasteiger partial charge < -0.3 is 9.88 Å². The molecule has 2 aliphatic rings. The average molecular weight is 285 g/mol. The Morgan fingerprint density at radius 2 is 2.19 bits per heavy atom. The first-order valence-corrected chi connectivity index (χ1v) is 7.68. The average Bonchev–Trinajstić information content (AvgIpc) is 3.05. The summed E-state index contributed by atoms with van der Waals surface area (Å²) in [6, 6.07) is 1.94. The van der Waals surface area contributed by atoms with E-state index in [-0.39, 0.29) is 11.9 Å². The van der Waals surface area contributed by atoms with Gasteiger partial charge in [-0.3, -0.25) is 9.89 Å². The highest BCUT2D eigenvalue weighted by Gasteiger charge is 2.34. The molecular weight excluding hydrogens is 266 g/mol. The van der Waals surface area contributed by atoms with Crippen LogP contribution in [0.1, 0.15) is 65.9 Å². The lowest BCUT2D eigenvalue weighted by atomic mass is 10.00. The van der Waals surface area contributed by atoms with Crippen LogP contribution in [0.25, 0.3) is 0 Å². The van der Waals surface area contributed by atoms with Crippen LogP contribution in [0.2, 0.25) is 0 Å². The SMILES string of the molecule is O=C(c1cc[nH]c1C1CC1)N1CCCC[C@H]1c1ncn[nH]1. The largest absolute Gasteiger partial charge is 0.364 e. The van der Waals surface area contributed by atoms with Crippen molar-refractivity contribution in [3.05, 3.63) is 35.7 Å². The number of nitrogens with one attached hydrogen (secondary N) is 2. The number of amides is 1. The maximum atomic E-state index is 13.0. The Kier molecular flexibility index (Phi) is 3.02. The Balaban J connectivity index is 1.63. The molecule has 0 radical (unpaired) electrons. The Bertz CT molecular complexity index is 628. The number of rotatable bonds is 3. The van der Waals surface area contributed by atoms with Crippen LogP contribution in [0.15, 0.2) is 18.6 Å². The molecular formula is C15H19N5O. The van der Waals surface area contributed by atoms with Gasteiger partial charge in [0, 0.05) is 18.4 Å². The zero-order chi connectivity index (χ0) is 14.2. The fraction of sp³-hybridized carbons (Fsp3) is 0.533. The molecule has 1 aliphatic carbocycles. The summed E-state index contributed by atoms with van der Waals surface area (Å²) in [6.45, 7) is 0.791. The molecule has 1 aliphatic heterocycles. The number of hydrogen-bond acceptors (Lipinski definition) is 3. The van der Waals surface area contributed by atoms with Gasteiger partial charge in [0.15, 0.2) is 0 Å². The maximum Gasteiger partial charge on any atom is 0.256 e. The number of piperidine rings is 1. The highest BCUT2D eigenvalue weighted by Crippen LogP contribution is 2.41. The molecule has 0 bridgehead atoms. The van der Waals surface area contributed by atoms with Gasteiger partial charge in [-0.05, 0) is 44.1 Å². The minimum absolute atomic E-state index is 0.0238. The van der Waals surface area contributed by atoms with Gasteiger partial charge in [0.25, 0.3) is 5.91 Å². The number of H-pyrrole nitrogens is 2. The van der Waals surface area contributed by atoms with E-state index in [2.05, 4.69) is 20.2 Å². The molecule has 4 rings (SSSR count). The third kappa shape index (κ3) is 2.24. The summed E-state index contributed by atoms with van der Waals surface area (Å²) >= 11 is 0. The normalized spacial score (nSPS) is 22.5. The molecule has 2 aromatic heterocycles. The topological polar surface area (TPSA) is 77.7 Å². The van der Waals surface area contributed by atoms with Gasteiger partial charge in [-0.25, -0.2) is 4.98 Å². The third-order valence-corrected chi connectivity index (χ3v) is 4.51. The third-order valence-electron chi connectivity index (χ3n) is 4.51. The lowest BCUT2D eigenvalue weighted by Gasteiger charge is -2.34. The van der Waals surface area contributed by atoms with Gasteiger partial charge in [-0.2, -0.15) is 5.10 Å². The van der Waals surface area contributed by atoms with Crippen LogP contribution in [-0.4, -0.2) is 37.5 Å². The molecule has 2 fully saturated rings. The standard InChI is InChI=1S/C15H19N5O/c21-15(11-6-7-16-13(11)10-4-5-10)20-8-2-1-3-12(20)14-17-9-18-19-14/h6-7,9-10,12,16H,1-5,8H2,(H,17,18,19)/t12-/m0/s1. The van der Waals surface area contributed by atoms with Crippen LogP contribution in [0.4, 0.5) is 0 Å². The smallest absolute Gasteiger partial charge is 0.256 e. The van der Waals surface area contributed by atoms with Gasteiger partial charge in [-0.15, -0.1) is 0 Å². The number of aromatic amines is 2. The highest BCUT2D eigenvalue weighted by molar-refractivity contribution is 5.96. The van der Waals surface area contributed by atoms with Crippen molar-refractivity contribution in [2.45, 2.75) is 44.1 Å². The van der Waals surface area contributed by atoms with Gasteiger partial charge in [0.1, 0.15) is 12.2 Å². The predicted octanol–water partition coefficient (Wildman–Crippen LogP) is 2.38. The fourth-order valence-electron chi connectivity index (χ4n) is 3.27. The zero-order valence-electron chi connectivity index (χ0n) is 11.9. The van der Waals surface area contributed by atoms with Crippen molar-refractivity contribution >= 4 is 5.91 Å². The predicted molar refractivity (Wildman–Crippen MR) is 76.8 cm³/mol. The number of aromatic nitrogens is 4. The fourth-order valence-corrected chi connectivity index (χ4v) is 3.27. The molecule has 0 aromatic carbocycles. The Hall–Kier alpha value is -2.11. The van der Waals surface area contributed by atoms with Crippen molar-refractivity contribution < 1.29 is 4.79 Å². The monoisotopic (exact) mass is 285 g/mol. The molecule has 3 heterocycles. The van der Waals surface area contributed by atoms with E-state index < -0.39 is 0 Å². The lowest BCUT2D eigenvalue weighted by molar-refractivity contribution is 0.0599. The summed E-state index contributed by atoms with van der Waals surface area (Å²) < 4.78 is 0. The molecule has 1 saturated carbocycles. The van der Waals surface area contributed by atoms with E-state index in [1.54, 1.807) is 0 Å². The summed E-state index contributed by atoms with van der Waals surface area (Å²) in [5, 5.41) is 6.85. The Morgan fingerprint density at radius 1 is 1.29 bits per heavy atom. The summed E-state index contributed by atoms with van der Waals surface area (Å²) in [4.78, 5) is 22.4. The van der Waals surface area contributed by atoms with Crippen molar-refractivity contribution in [2.75, 3.05) is 6.54 Å². The summed E-state index contributed by atoms with van der Waals surface area (Å²) in [6.07, 6.45) is 8.90. The molecule has 1 amide bonds. The van der Waals surface area contributed by atoms with Crippen molar-refractivity contribution in [3.8, 4) is 0 Å². The van der Waals surface area contributed by atoms with Crippen molar-refractivity contribution in [3.63, 3.8) is 0 Å². The number of hydrogen-bond donors (Lipinski definition) is 2. The second-order valence-electron chi connectivity index (χ2n) is 5.96. The Labute approximate surface area is 123 Å². The van der Waals surface area contributed by atoms with Crippen molar-refractivity contribution in [1.82, 2.24) is 25.1 Å². The van der Waals surface area contributed by atoms with Crippen LogP contribution >= 0.6 is 0 Å². The maximum absolute atomic E-state index is 13.0. The van der Waals surface area contributed by atoms with Crippen LogP contribution in [0.3, 0.4) is 0 Å². The summed E-state index contributed by atoms with van der Waals surface area (Å²) in [7, 11) is 0. The van der Waals surface area contributed by atoms with E-state index in [9.17, 15) is 4.79 Å². The van der Waals surface area contributed by atoms with E-state index in [4.69, 9.17) is 0 Å². The molecule has 6 nitrogen and oxygen atoms in total. The summed E-state index contributed by atoms with van der Waals surface area (Å²) in [5.74, 6) is 1.47. The molecule has 1 atom stereocenters. The first kappa shape index (κ1) is 12.6. The molecule has 6 heteroatoms. The van der Waals surface area contributed by atoms with Gasteiger partial charge in [0.05, 0.1) is 11.6 Å². The van der Waals surface area contributed by atoms with Crippen molar-refractivity contribution in [2.24, 2.45) is 0 Å². The first-order chi connectivity index (χ1) is 10.3. The summed E-state index contributed by atoms with van der Waals surface area (Å²) in [5.41, 5.74) is 1.95. The molecule has 0 unspecified atom stereocenters. The molecule has 2 aromatic rings. The molecule has 1 saturated heterocycles. The highest BCUT2D eigenvalue weighted by atomic mass is 16.2. The second kappa shape index (κ2) is 5.02. The van der Waals surface area contributed by atoms with E-state index in [1.165, 1.54) is 19.2 Å². The molecule has 21 heavy (non-hydrogen) atoms. The Morgan fingerprint density at radius 3 is 2.95 bits per heavy atom. The zero-order valence-corrected chi connectivity index (χ0v) is 11.9.